The first-order chi connectivity index (χ1) is 6.11. The minimum Gasteiger partial charge on any atom is -0.481 e. The van der Waals surface area contributed by atoms with Gasteiger partial charge < -0.3 is 14.4 Å². The lowest BCUT2D eigenvalue weighted by Crippen LogP contribution is -2.31. The molecule has 0 aliphatic rings. The van der Waals surface area contributed by atoms with Crippen molar-refractivity contribution in [2.75, 3.05) is 11.9 Å². The van der Waals surface area contributed by atoms with Crippen LogP contribution < -0.4 is 4.90 Å². The molecule has 5 nitrogen and oxygen atoms in total. The van der Waals surface area contributed by atoms with Crippen LogP contribution in [0.15, 0.2) is 16.9 Å². The minimum absolute atomic E-state index is 0.0683. The van der Waals surface area contributed by atoms with E-state index in [0.717, 1.165) is 0 Å². The van der Waals surface area contributed by atoms with Crippen molar-refractivity contribution in [3.63, 3.8) is 0 Å². The molecule has 0 aliphatic heterocycles. The molecule has 1 N–H and O–H groups in total. The second kappa shape index (κ2) is 3.93. The average molecular weight is 184 g/mol. The molecule has 0 fully saturated rings. The van der Waals surface area contributed by atoms with Crippen molar-refractivity contribution in [3.8, 4) is 0 Å². The molecule has 1 heterocycles. The fourth-order valence-electron chi connectivity index (χ4n) is 0.968. The lowest BCUT2D eigenvalue weighted by atomic mass is 10.2. The number of hydrogen-bond acceptors (Lipinski definition) is 4. The van der Waals surface area contributed by atoms with E-state index in [1.807, 2.05) is 0 Å². The largest absolute Gasteiger partial charge is 0.481 e. The lowest BCUT2D eigenvalue weighted by molar-refractivity contribution is -0.137. The predicted octanol–water partition coefficient (Wildman–Crippen LogP) is 0.974. The molecule has 0 aromatic carbocycles. The van der Waals surface area contributed by atoms with Gasteiger partial charge in [-0.25, -0.2) is 4.98 Å². The van der Waals surface area contributed by atoms with Crippen molar-refractivity contribution in [1.82, 2.24) is 4.98 Å². The number of carboxylic acids is 1. The van der Waals surface area contributed by atoms with Crippen LogP contribution in [0.1, 0.15) is 13.3 Å². The molecular formula is C8H12N2O3. The van der Waals surface area contributed by atoms with Crippen molar-refractivity contribution >= 4 is 12.0 Å². The fourth-order valence-corrected chi connectivity index (χ4v) is 0.968. The Hall–Kier alpha value is -1.52. The van der Waals surface area contributed by atoms with Gasteiger partial charge in [-0.2, -0.15) is 0 Å². The second-order valence-corrected chi connectivity index (χ2v) is 2.87. The van der Waals surface area contributed by atoms with E-state index < -0.39 is 5.97 Å². The highest BCUT2D eigenvalue weighted by Crippen LogP contribution is 2.12. The topological polar surface area (TPSA) is 66.6 Å². The Labute approximate surface area is 76.0 Å². The van der Waals surface area contributed by atoms with E-state index in [9.17, 15) is 4.79 Å². The molecule has 0 saturated carbocycles. The monoisotopic (exact) mass is 184 g/mol. The van der Waals surface area contributed by atoms with Crippen LogP contribution in [0.2, 0.25) is 0 Å². The van der Waals surface area contributed by atoms with Gasteiger partial charge in [-0.05, 0) is 6.92 Å². The summed E-state index contributed by atoms with van der Waals surface area (Å²) in [5, 5.41) is 8.55. The van der Waals surface area contributed by atoms with Gasteiger partial charge in [0.15, 0.2) is 0 Å². The summed E-state index contributed by atoms with van der Waals surface area (Å²) in [5.74, 6) is -0.828. The van der Waals surface area contributed by atoms with Crippen LogP contribution in [0.4, 0.5) is 6.01 Å². The third kappa shape index (κ3) is 2.47. The zero-order chi connectivity index (χ0) is 9.84. The second-order valence-electron chi connectivity index (χ2n) is 2.87. The number of anilines is 1. The molecule has 72 valence electrons. The number of hydrogen-bond donors (Lipinski definition) is 1. The number of oxazole rings is 1. The summed E-state index contributed by atoms with van der Waals surface area (Å²) in [6, 6.07) is 0.310. The van der Waals surface area contributed by atoms with Gasteiger partial charge >= 0.3 is 5.97 Å². The van der Waals surface area contributed by atoms with Crippen molar-refractivity contribution < 1.29 is 14.3 Å². The summed E-state index contributed by atoms with van der Waals surface area (Å²) < 4.78 is 5.02. The maximum atomic E-state index is 10.4. The lowest BCUT2D eigenvalue weighted by Gasteiger charge is -2.21. The highest BCUT2D eigenvalue weighted by atomic mass is 16.4. The smallest absolute Gasteiger partial charge is 0.305 e. The first-order valence-electron chi connectivity index (χ1n) is 3.95. The van der Waals surface area contributed by atoms with Crippen molar-refractivity contribution in [2.24, 2.45) is 0 Å². The van der Waals surface area contributed by atoms with E-state index in [1.165, 1.54) is 12.5 Å². The number of aliphatic carboxylic acids is 1. The zero-order valence-corrected chi connectivity index (χ0v) is 7.60. The summed E-state index contributed by atoms with van der Waals surface area (Å²) in [6.45, 7) is 1.80. The van der Waals surface area contributed by atoms with E-state index in [1.54, 1.807) is 18.9 Å². The maximum absolute atomic E-state index is 10.4. The van der Waals surface area contributed by atoms with Gasteiger partial charge in [-0.1, -0.05) is 0 Å². The van der Waals surface area contributed by atoms with Gasteiger partial charge in [-0.15, -0.1) is 0 Å². The highest BCUT2D eigenvalue weighted by molar-refractivity contribution is 5.68. The number of carboxylic acid groups (broad SMARTS) is 1. The molecule has 5 heteroatoms. The quantitative estimate of drug-likeness (QED) is 0.755. The normalized spacial score (nSPS) is 12.5. The van der Waals surface area contributed by atoms with Crippen LogP contribution in [0.25, 0.3) is 0 Å². The van der Waals surface area contributed by atoms with E-state index in [0.29, 0.717) is 6.01 Å². The van der Waals surface area contributed by atoms with Gasteiger partial charge in [0, 0.05) is 13.1 Å². The number of rotatable bonds is 4. The molecule has 1 rings (SSSR count). The van der Waals surface area contributed by atoms with Gasteiger partial charge in [0.1, 0.15) is 6.26 Å². The Morgan fingerprint density at radius 2 is 2.54 bits per heavy atom. The summed E-state index contributed by atoms with van der Waals surface area (Å²) in [4.78, 5) is 16.0. The zero-order valence-electron chi connectivity index (χ0n) is 7.60. The average Bonchev–Trinajstić information content (AvgIpc) is 2.53. The Kier molecular flexibility index (Phi) is 2.89. The van der Waals surface area contributed by atoms with Crippen molar-refractivity contribution in [1.29, 1.82) is 0 Å². The molecule has 1 aromatic rings. The van der Waals surface area contributed by atoms with Crippen molar-refractivity contribution in [2.45, 2.75) is 19.4 Å². The first kappa shape index (κ1) is 9.57. The molecule has 1 aromatic heterocycles. The van der Waals surface area contributed by atoms with Crippen LogP contribution in [0.3, 0.4) is 0 Å². The van der Waals surface area contributed by atoms with E-state index in [2.05, 4.69) is 4.98 Å². The van der Waals surface area contributed by atoms with Crippen molar-refractivity contribution in [3.05, 3.63) is 12.5 Å². The highest BCUT2D eigenvalue weighted by Gasteiger charge is 2.16. The molecule has 0 aliphatic carbocycles. The number of nitrogens with zero attached hydrogens (tertiary/aromatic N) is 2. The summed E-state index contributed by atoms with van der Waals surface area (Å²) in [7, 11) is 1.75. The third-order valence-electron chi connectivity index (χ3n) is 1.85. The molecule has 0 saturated heterocycles. The van der Waals surface area contributed by atoms with E-state index in [-0.39, 0.29) is 12.5 Å². The van der Waals surface area contributed by atoms with Crippen LogP contribution in [-0.4, -0.2) is 29.1 Å². The minimum atomic E-state index is -0.828. The molecule has 1 atom stereocenters. The van der Waals surface area contributed by atoms with Crippen LogP contribution in [0.5, 0.6) is 0 Å². The summed E-state index contributed by atoms with van der Waals surface area (Å²) in [6.07, 6.45) is 3.05. The Morgan fingerprint density at radius 1 is 1.85 bits per heavy atom. The molecule has 1 unspecified atom stereocenters. The van der Waals surface area contributed by atoms with Crippen LogP contribution in [-0.2, 0) is 4.79 Å². The Morgan fingerprint density at radius 3 is 3.00 bits per heavy atom. The number of carbonyl (C=O) groups is 1. The first-order valence-corrected chi connectivity index (χ1v) is 3.95. The predicted molar refractivity (Wildman–Crippen MR) is 46.6 cm³/mol. The summed E-state index contributed by atoms with van der Waals surface area (Å²) >= 11 is 0. The van der Waals surface area contributed by atoms with Gasteiger partial charge in [0.2, 0.25) is 0 Å². The van der Waals surface area contributed by atoms with Crippen LogP contribution in [0, 0.1) is 0 Å². The molecule has 13 heavy (non-hydrogen) atoms. The Bertz CT molecular complexity index is 271. The standard InChI is InChI=1S/C8H12N2O3/c1-6(5-7(11)12)10(2)8-9-3-4-13-8/h3-4,6H,5H2,1-2H3,(H,11,12). The van der Waals surface area contributed by atoms with E-state index >= 15 is 0 Å². The molecular weight excluding hydrogens is 172 g/mol. The maximum Gasteiger partial charge on any atom is 0.305 e. The summed E-state index contributed by atoms with van der Waals surface area (Å²) in [5.41, 5.74) is 0. The Balaban J connectivity index is 2.57. The fraction of sp³-hybridized carbons (Fsp3) is 0.500. The molecule has 0 radical (unpaired) electrons. The molecule has 0 bridgehead atoms. The number of aromatic nitrogens is 1. The van der Waals surface area contributed by atoms with Gasteiger partial charge in [-0.3, -0.25) is 4.79 Å². The van der Waals surface area contributed by atoms with Crippen LogP contribution >= 0.6 is 0 Å². The van der Waals surface area contributed by atoms with Gasteiger partial charge in [0.25, 0.3) is 6.01 Å². The molecule has 0 spiro atoms. The SMILES string of the molecule is CC(CC(=O)O)N(C)c1ncco1. The van der Waals surface area contributed by atoms with E-state index in [4.69, 9.17) is 9.52 Å². The van der Waals surface area contributed by atoms with Gasteiger partial charge in [0.05, 0.1) is 12.6 Å². The third-order valence-corrected chi connectivity index (χ3v) is 1.85. The molecule has 0 amide bonds.